The van der Waals surface area contributed by atoms with Crippen molar-refractivity contribution in [3.05, 3.63) is 83.7 Å². The van der Waals surface area contributed by atoms with Crippen LogP contribution in [-0.4, -0.2) is 26.7 Å². The molecule has 0 amide bonds. The van der Waals surface area contributed by atoms with Crippen molar-refractivity contribution >= 4 is 10.0 Å². The van der Waals surface area contributed by atoms with Crippen molar-refractivity contribution < 1.29 is 17.9 Å². The van der Waals surface area contributed by atoms with Crippen LogP contribution in [0.4, 0.5) is 0 Å². The number of rotatable bonds is 6. The van der Waals surface area contributed by atoms with E-state index in [9.17, 15) is 8.42 Å². The number of aromatic nitrogens is 1. The van der Waals surface area contributed by atoms with Gasteiger partial charge in [-0.25, -0.2) is 13.1 Å². The molecule has 2 heterocycles. The van der Waals surface area contributed by atoms with E-state index in [4.69, 9.17) is 9.47 Å². The van der Waals surface area contributed by atoms with Crippen LogP contribution >= 0.6 is 0 Å². The van der Waals surface area contributed by atoms with Gasteiger partial charge in [-0.3, -0.25) is 4.98 Å². The van der Waals surface area contributed by atoms with Crippen molar-refractivity contribution in [2.24, 2.45) is 0 Å². The molecule has 1 aliphatic heterocycles. The summed E-state index contributed by atoms with van der Waals surface area (Å²) in [5, 5.41) is 0. The zero-order chi connectivity index (χ0) is 19.6. The number of sulfonamides is 1. The van der Waals surface area contributed by atoms with Crippen LogP contribution < -0.4 is 14.2 Å². The fourth-order valence-corrected chi connectivity index (χ4v) is 4.32. The topological polar surface area (TPSA) is 77.5 Å². The number of nitrogens with zero attached hydrogens (tertiary/aromatic N) is 1. The third kappa shape index (κ3) is 3.72. The first kappa shape index (κ1) is 18.5. The molecule has 6 nitrogen and oxygen atoms in total. The van der Waals surface area contributed by atoms with Gasteiger partial charge in [0.15, 0.2) is 11.5 Å². The van der Waals surface area contributed by atoms with Crippen LogP contribution in [0.3, 0.4) is 0 Å². The average Bonchev–Trinajstić information content (AvgIpc) is 3.18. The van der Waals surface area contributed by atoms with Gasteiger partial charge in [0.1, 0.15) is 0 Å². The number of ether oxygens (including phenoxy) is 2. The van der Waals surface area contributed by atoms with Gasteiger partial charge in [-0.1, -0.05) is 30.3 Å². The summed E-state index contributed by atoms with van der Waals surface area (Å²) in [6.45, 7) is 2.30. The molecule has 1 aliphatic rings. The molecule has 144 valence electrons. The van der Waals surface area contributed by atoms with E-state index >= 15 is 0 Å². The summed E-state index contributed by atoms with van der Waals surface area (Å²) in [5.74, 6) is 0.777. The van der Waals surface area contributed by atoms with E-state index in [0.29, 0.717) is 11.5 Å². The highest BCUT2D eigenvalue weighted by Crippen LogP contribution is 2.34. The fraction of sp³-hybridized carbons (Fsp3) is 0.190. The first-order valence-corrected chi connectivity index (χ1v) is 10.4. The molecular formula is C21H20N2O4S. The minimum atomic E-state index is -3.72. The molecule has 0 spiro atoms. The van der Waals surface area contributed by atoms with E-state index in [0.717, 1.165) is 16.8 Å². The van der Waals surface area contributed by atoms with E-state index in [2.05, 4.69) is 9.71 Å². The minimum absolute atomic E-state index is 0.0985. The quantitative estimate of drug-likeness (QED) is 0.692. The molecule has 1 unspecified atom stereocenters. The highest BCUT2D eigenvalue weighted by molar-refractivity contribution is 7.89. The predicted octanol–water partition coefficient (Wildman–Crippen LogP) is 3.23. The lowest BCUT2D eigenvalue weighted by atomic mass is 9.92. The summed E-state index contributed by atoms with van der Waals surface area (Å²) in [6, 6.07) is 18.2. The predicted molar refractivity (Wildman–Crippen MR) is 105 cm³/mol. The maximum absolute atomic E-state index is 12.9. The smallest absolute Gasteiger partial charge is 0.240 e. The monoisotopic (exact) mass is 396 g/mol. The maximum atomic E-state index is 12.9. The maximum Gasteiger partial charge on any atom is 0.240 e. The Morgan fingerprint density at radius 1 is 1.04 bits per heavy atom. The highest BCUT2D eigenvalue weighted by atomic mass is 32.2. The molecule has 0 fully saturated rings. The Bertz CT molecular complexity index is 1080. The summed E-state index contributed by atoms with van der Waals surface area (Å²) >= 11 is 0. The summed E-state index contributed by atoms with van der Waals surface area (Å²) in [6.07, 6.45) is 1.72. The van der Waals surface area contributed by atoms with Crippen LogP contribution in [0, 0.1) is 6.92 Å². The van der Waals surface area contributed by atoms with Crippen molar-refractivity contribution in [3.8, 4) is 11.5 Å². The second-order valence-electron chi connectivity index (χ2n) is 6.53. The molecule has 0 saturated heterocycles. The van der Waals surface area contributed by atoms with Gasteiger partial charge in [-0.05, 0) is 42.3 Å². The standard InChI is InChI=1S/C21H20N2O4S/c1-15-6-2-3-7-17(15)18(19-8-4-5-11-22-19)13-23-28(24,25)16-9-10-20-21(12-16)27-14-26-20/h2-12,18,23H,13-14H2,1H3. The van der Waals surface area contributed by atoms with Crippen LogP contribution in [0.5, 0.6) is 11.5 Å². The second-order valence-corrected chi connectivity index (χ2v) is 8.30. The summed E-state index contributed by atoms with van der Waals surface area (Å²) < 4.78 is 39.0. The summed E-state index contributed by atoms with van der Waals surface area (Å²) in [7, 11) is -3.72. The molecule has 4 rings (SSSR count). The number of hydrogen-bond acceptors (Lipinski definition) is 5. The minimum Gasteiger partial charge on any atom is -0.454 e. The van der Waals surface area contributed by atoms with E-state index in [-0.39, 0.29) is 24.2 Å². The first-order valence-electron chi connectivity index (χ1n) is 8.90. The third-order valence-electron chi connectivity index (χ3n) is 4.74. The lowest BCUT2D eigenvalue weighted by Gasteiger charge is -2.20. The number of aryl methyl sites for hydroxylation is 1. The van der Waals surface area contributed by atoms with Gasteiger partial charge in [0.25, 0.3) is 0 Å². The Morgan fingerprint density at radius 3 is 2.61 bits per heavy atom. The van der Waals surface area contributed by atoms with E-state index < -0.39 is 10.0 Å². The molecule has 0 bridgehead atoms. The van der Waals surface area contributed by atoms with Crippen molar-refractivity contribution in [1.29, 1.82) is 0 Å². The Morgan fingerprint density at radius 2 is 1.82 bits per heavy atom. The first-order chi connectivity index (χ1) is 13.5. The van der Waals surface area contributed by atoms with E-state index in [1.165, 1.54) is 12.1 Å². The van der Waals surface area contributed by atoms with Crippen molar-refractivity contribution in [1.82, 2.24) is 9.71 Å². The van der Waals surface area contributed by atoms with Crippen molar-refractivity contribution in [2.75, 3.05) is 13.3 Å². The van der Waals surface area contributed by atoms with Crippen molar-refractivity contribution in [2.45, 2.75) is 17.7 Å². The Hall–Kier alpha value is -2.90. The molecule has 28 heavy (non-hydrogen) atoms. The molecule has 0 radical (unpaired) electrons. The van der Waals surface area contributed by atoms with Crippen LogP contribution in [-0.2, 0) is 10.0 Å². The molecular weight excluding hydrogens is 376 g/mol. The number of benzene rings is 2. The Balaban J connectivity index is 1.62. The molecule has 1 atom stereocenters. The molecule has 1 aromatic heterocycles. The molecule has 7 heteroatoms. The van der Waals surface area contributed by atoms with E-state index in [1.807, 2.05) is 49.4 Å². The average molecular weight is 396 g/mol. The van der Waals surface area contributed by atoms with Crippen LogP contribution in [0.1, 0.15) is 22.7 Å². The number of pyridine rings is 1. The lowest BCUT2D eigenvalue weighted by molar-refractivity contribution is 0.174. The molecule has 2 aromatic carbocycles. The number of nitrogens with one attached hydrogen (secondary N) is 1. The summed E-state index contributed by atoms with van der Waals surface area (Å²) in [5.41, 5.74) is 2.93. The van der Waals surface area contributed by atoms with E-state index in [1.54, 1.807) is 12.3 Å². The highest BCUT2D eigenvalue weighted by Gasteiger charge is 2.23. The van der Waals surface area contributed by atoms with Crippen LogP contribution in [0.2, 0.25) is 0 Å². The molecule has 0 saturated carbocycles. The van der Waals surface area contributed by atoms with Gasteiger partial charge >= 0.3 is 0 Å². The van der Waals surface area contributed by atoms with Gasteiger partial charge in [0.2, 0.25) is 16.8 Å². The Kier molecular flexibility index (Phi) is 5.02. The molecule has 3 aromatic rings. The molecule has 1 N–H and O–H groups in total. The van der Waals surface area contributed by atoms with Crippen LogP contribution in [0.15, 0.2) is 71.8 Å². The van der Waals surface area contributed by atoms with Gasteiger partial charge in [-0.2, -0.15) is 0 Å². The van der Waals surface area contributed by atoms with Gasteiger partial charge < -0.3 is 9.47 Å². The summed E-state index contributed by atoms with van der Waals surface area (Å²) in [4.78, 5) is 4.59. The normalized spacial score (nSPS) is 14.0. The van der Waals surface area contributed by atoms with Gasteiger partial charge in [0.05, 0.1) is 4.90 Å². The second kappa shape index (κ2) is 7.61. The number of fused-ring (bicyclic) bond motifs is 1. The van der Waals surface area contributed by atoms with Crippen LogP contribution in [0.25, 0.3) is 0 Å². The SMILES string of the molecule is Cc1ccccc1C(CNS(=O)(=O)c1ccc2c(c1)OCO2)c1ccccn1. The fourth-order valence-electron chi connectivity index (χ4n) is 3.25. The van der Waals surface area contributed by atoms with Crippen molar-refractivity contribution in [3.63, 3.8) is 0 Å². The largest absolute Gasteiger partial charge is 0.454 e. The lowest BCUT2D eigenvalue weighted by Crippen LogP contribution is -2.29. The Labute approximate surface area is 164 Å². The zero-order valence-corrected chi connectivity index (χ0v) is 16.1. The van der Waals surface area contributed by atoms with Gasteiger partial charge in [0, 0.05) is 30.4 Å². The number of hydrogen-bond donors (Lipinski definition) is 1. The third-order valence-corrected chi connectivity index (χ3v) is 6.16. The zero-order valence-electron chi connectivity index (χ0n) is 15.3. The van der Waals surface area contributed by atoms with Gasteiger partial charge in [-0.15, -0.1) is 0 Å². The molecule has 0 aliphatic carbocycles.